The molecule has 1 rings (SSSR count). The second-order valence-electron chi connectivity index (χ2n) is 5.48. The molecular weight excluding hydrogens is 206 g/mol. The van der Waals surface area contributed by atoms with E-state index in [1.807, 2.05) is 0 Å². The molecule has 1 saturated carbocycles. The van der Waals surface area contributed by atoms with E-state index in [0.29, 0.717) is 19.4 Å². The summed E-state index contributed by atoms with van der Waals surface area (Å²) >= 11 is 0. The molecule has 0 radical (unpaired) electrons. The van der Waals surface area contributed by atoms with Crippen molar-refractivity contribution in [3.8, 4) is 0 Å². The van der Waals surface area contributed by atoms with Gasteiger partial charge in [-0.15, -0.1) is 0 Å². The average molecular weight is 227 g/mol. The quantitative estimate of drug-likeness (QED) is 0.680. The molecule has 4 heteroatoms. The predicted molar refractivity (Wildman–Crippen MR) is 61.0 cm³/mol. The van der Waals surface area contributed by atoms with Crippen molar-refractivity contribution >= 4 is 11.9 Å². The molecule has 0 saturated heterocycles. The summed E-state index contributed by atoms with van der Waals surface area (Å²) in [5.74, 6) is -1.30. The maximum Gasteiger partial charge on any atom is 0.319 e. The van der Waals surface area contributed by atoms with Crippen LogP contribution in [0.3, 0.4) is 0 Å². The lowest BCUT2D eigenvalue weighted by molar-refractivity contribution is -0.149. The fourth-order valence-electron chi connectivity index (χ4n) is 1.92. The molecule has 0 aromatic rings. The Morgan fingerprint density at radius 2 is 1.94 bits per heavy atom. The first-order chi connectivity index (χ1) is 7.34. The third kappa shape index (κ3) is 2.74. The topological polar surface area (TPSA) is 66.4 Å². The molecule has 0 heterocycles. The Hall–Kier alpha value is -1.06. The molecule has 4 nitrogen and oxygen atoms in total. The molecule has 1 aliphatic rings. The van der Waals surface area contributed by atoms with Gasteiger partial charge in [0.1, 0.15) is 5.41 Å². The first kappa shape index (κ1) is 13.0. The fraction of sp³-hybridized carbons (Fsp3) is 0.833. The van der Waals surface area contributed by atoms with Gasteiger partial charge in [-0.2, -0.15) is 0 Å². The van der Waals surface area contributed by atoms with Crippen LogP contribution in [-0.2, 0) is 9.59 Å². The van der Waals surface area contributed by atoms with Gasteiger partial charge < -0.3 is 10.4 Å². The van der Waals surface area contributed by atoms with Gasteiger partial charge in [0.2, 0.25) is 5.91 Å². The van der Waals surface area contributed by atoms with Crippen molar-refractivity contribution in [2.24, 2.45) is 10.8 Å². The smallest absolute Gasteiger partial charge is 0.319 e. The van der Waals surface area contributed by atoms with Crippen molar-refractivity contribution in [3.05, 3.63) is 0 Å². The molecule has 0 aliphatic heterocycles. The minimum atomic E-state index is -1.11. The van der Waals surface area contributed by atoms with Crippen molar-refractivity contribution in [3.63, 3.8) is 0 Å². The van der Waals surface area contributed by atoms with Crippen LogP contribution >= 0.6 is 0 Å². The highest BCUT2D eigenvalue weighted by Gasteiger charge is 2.57. The highest BCUT2D eigenvalue weighted by Crippen LogP contribution is 2.46. The molecule has 1 amide bonds. The second kappa shape index (κ2) is 4.44. The number of amides is 1. The summed E-state index contributed by atoms with van der Waals surface area (Å²) in [5.41, 5.74) is -1.07. The van der Waals surface area contributed by atoms with E-state index in [1.54, 1.807) is 0 Å². The lowest BCUT2D eigenvalue weighted by Gasteiger charge is -2.25. The van der Waals surface area contributed by atoms with E-state index < -0.39 is 11.4 Å². The van der Waals surface area contributed by atoms with Gasteiger partial charge in [-0.3, -0.25) is 9.59 Å². The zero-order valence-electron chi connectivity index (χ0n) is 10.3. The van der Waals surface area contributed by atoms with Gasteiger partial charge in [0.15, 0.2) is 0 Å². The first-order valence-corrected chi connectivity index (χ1v) is 5.86. The summed E-state index contributed by atoms with van der Waals surface area (Å²) in [7, 11) is 0. The van der Waals surface area contributed by atoms with E-state index in [1.165, 1.54) is 0 Å². The van der Waals surface area contributed by atoms with Crippen LogP contribution < -0.4 is 5.32 Å². The van der Waals surface area contributed by atoms with Gasteiger partial charge in [-0.25, -0.2) is 0 Å². The average Bonchev–Trinajstić information content (AvgIpc) is 2.94. The number of aliphatic carboxylic acids is 1. The number of hydrogen-bond acceptors (Lipinski definition) is 2. The number of carbonyl (C=O) groups is 2. The zero-order valence-corrected chi connectivity index (χ0v) is 10.3. The zero-order chi connectivity index (χ0) is 12.4. The molecule has 2 N–H and O–H groups in total. The molecule has 1 aliphatic carbocycles. The maximum atomic E-state index is 11.7. The lowest BCUT2D eigenvalue weighted by Crippen LogP contribution is -2.41. The van der Waals surface area contributed by atoms with E-state index >= 15 is 0 Å². The maximum absolute atomic E-state index is 11.7. The van der Waals surface area contributed by atoms with Crippen LogP contribution in [-0.4, -0.2) is 23.5 Å². The molecule has 0 spiro atoms. The number of hydrogen-bond donors (Lipinski definition) is 2. The van der Waals surface area contributed by atoms with Crippen LogP contribution in [0.25, 0.3) is 0 Å². The summed E-state index contributed by atoms with van der Waals surface area (Å²) in [6.07, 6.45) is 3.03. The molecule has 0 bridgehead atoms. The SMILES string of the molecule is CCCC(C)(C)CNC(=O)C1(C(=O)O)CC1. The molecule has 0 aromatic carbocycles. The van der Waals surface area contributed by atoms with Crippen LogP contribution in [0.1, 0.15) is 46.5 Å². The van der Waals surface area contributed by atoms with Gasteiger partial charge in [0.05, 0.1) is 0 Å². The molecular formula is C12H21NO3. The summed E-state index contributed by atoms with van der Waals surface area (Å²) in [5, 5.41) is 11.7. The normalized spacial score (nSPS) is 17.9. The Morgan fingerprint density at radius 3 is 2.31 bits per heavy atom. The Morgan fingerprint density at radius 1 is 1.38 bits per heavy atom. The van der Waals surface area contributed by atoms with Crippen molar-refractivity contribution in [2.45, 2.75) is 46.5 Å². The summed E-state index contributed by atoms with van der Waals surface area (Å²) in [6.45, 7) is 6.81. The molecule has 92 valence electrons. The monoisotopic (exact) mass is 227 g/mol. The van der Waals surface area contributed by atoms with Crippen LogP contribution in [0.4, 0.5) is 0 Å². The standard InChI is InChI=1S/C12H21NO3/c1-4-5-11(2,3)8-13-9(14)12(6-7-12)10(15)16/h4-8H2,1-3H3,(H,13,14)(H,15,16). The Balaban J connectivity index is 2.45. The Labute approximate surface area is 96.4 Å². The van der Waals surface area contributed by atoms with E-state index in [9.17, 15) is 9.59 Å². The Bertz CT molecular complexity index is 293. The minimum absolute atomic E-state index is 0.0407. The van der Waals surface area contributed by atoms with Gasteiger partial charge in [-0.1, -0.05) is 27.2 Å². The van der Waals surface area contributed by atoms with Crippen LogP contribution in [0, 0.1) is 10.8 Å². The predicted octanol–water partition coefficient (Wildman–Crippen LogP) is 1.79. The Kier molecular flexibility index (Phi) is 3.61. The number of rotatable bonds is 6. The van der Waals surface area contributed by atoms with E-state index in [0.717, 1.165) is 12.8 Å². The molecule has 0 atom stereocenters. The first-order valence-electron chi connectivity index (χ1n) is 5.86. The highest BCUT2D eigenvalue weighted by molar-refractivity contribution is 6.04. The summed E-state index contributed by atoms with van der Waals surface area (Å²) < 4.78 is 0. The minimum Gasteiger partial charge on any atom is -0.480 e. The number of carboxylic acids is 1. The van der Waals surface area contributed by atoms with Crippen LogP contribution in [0.2, 0.25) is 0 Å². The van der Waals surface area contributed by atoms with E-state index in [4.69, 9.17) is 5.11 Å². The van der Waals surface area contributed by atoms with Crippen molar-refractivity contribution in [1.29, 1.82) is 0 Å². The molecule has 0 unspecified atom stereocenters. The second-order valence-corrected chi connectivity index (χ2v) is 5.48. The van der Waals surface area contributed by atoms with Crippen molar-refractivity contribution in [1.82, 2.24) is 5.32 Å². The van der Waals surface area contributed by atoms with Gasteiger partial charge in [0.25, 0.3) is 0 Å². The van der Waals surface area contributed by atoms with Gasteiger partial charge in [-0.05, 0) is 24.7 Å². The third-order valence-corrected chi connectivity index (χ3v) is 3.25. The fourth-order valence-corrected chi connectivity index (χ4v) is 1.92. The van der Waals surface area contributed by atoms with Gasteiger partial charge in [0, 0.05) is 6.54 Å². The highest BCUT2D eigenvalue weighted by atomic mass is 16.4. The largest absolute Gasteiger partial charge is 0.480 e. The van der Waals surface area contributed by atoms with E-state index in [2.05, 4.69) is 26.1 Å². The van der Waals surface area contributed by atoms with Crippen LogP contribution in [0.15, 0.2) is 0 Å². The van der Waals surface area contributed by atoms with Crippen LogP contribution in [0.5, 0.6) is 0 Å². The molecule has 16 heavy (non-hydrogen) atoms. The lowest BCUT2D eigenvalue weighted by atomic mass is 9.88. The number of carbonyl (C=O) groups excluding carboxylic acids is 1. The summed E-state index contributed by atoms with van der Waals surface area (Å²) in [6, 6.07) is 0. The third-order valence-electron chi connectivity index (χ3n) is 3.25. The van der Waals surface area contributed by atoms with Crippen molar-refractivity contribution in [2.75, 3.05) is 6.54 Å². The molecule has 0 aromatic heterocycles. The number of nitrogens with one attached hydrogen (secondary N) is 1. The summed E-state index contributed by atoms with van der Waals surface area (Å²) in [4.78, 5) is 22.6. The number of carboxylic acid groups (broad SMARTS) is 1. The van der Waals surface area contributed by atoms with Crippen molar-refractivity contribution < 1.29 is 14.7 Å². The van der Waals surface area contributed by atoms with Gasteiger partial charge >= 0.3 is 5.97 Å². The molecule has 1 fully saturated rings. The van der Waals surface area contributed by atoms with E-state index in [-0.39, 0.29) is 11.3 Å².